The summed E-state index contributed by atoms with van der Waals surface area (Å²) in [5, 5.41) is 0.608. The highest BCUT2D eigenvalue weighted by atomic mass is 35.5. The number of fused-ring (bicyclic) bond motifs is 4. The number of hydrogen-bond donors (Lipinski definition) is 1. The predicted octanol–water partition coefficient (Wildman–Crippen LogP) is 6.24. The van der Waals surface area contributed by atoms with Crippen molar-refractivity contribution in [2.45, 2.75) is 82.3 Å². The van der Waals surface area contributed by atoms with E-state index in [-0.39, 0.29) is 28.4 Å². The number of rotatable bonds is 5. The lowest BCUT2D eigenvalue weighted by Crippen LogP contribution is -2.50. The van der Waals surface area contributed by atoms with Crippen LogP contribution in [0.2, 0.25) is 5.02 Å². The zero-order chi connectivity index (χ0) is 36.4. The normalized spacial score (nSPS) is 31.8. The number of amides is 2. The van der Waals surface area contributed by atoms with E-state index >= 15 is 0 Å². The number of hydrogen-bond acceptors (Lipinski definition) is 7. The van der Waals surface area contributed by atoms with E-state index in [0.29, 0.717) is 49.5 Å². The molecule has 2 amide bonds. The molecule has 284 valence electrons. The second kappa shape index (κ2) is 16.4. The number of nitrogens with one attached hydrogen (secondary N) is 1. The van der Waals surface area contributed by atoms with Crippen LogP contribution in [0.3, 0.4) is 0 Å². The van der Waals surface area contributed by atoms with Crippen LogP contribution in [0.15, 0.2) is 36.4 Å². The van der Waals surface area contributed by atoms with Crippen LogP contribution < -0.4 is 14.4 Å². The molecule has 3 heterocycles. The Bertz CT molecular complexity index is 1640. The van der Waals surface area contributed by atoms with Crippen LogP contribution >= 0.6 is 11.6 Å². The molecule has 1 N–H and O–H groups in total. The van der Waals surface area contributed by atoms with Crippen LogP contribution in [0.5, 0.6) is 5.75 Å². The summed E-state index contributed by atoms with van der Waals surface area (Å²) < 4.78 is 28.3. The number of benzene rings is 2. The lowest BCUT2D eigenvalue weighted by Gasteiger charge is -2.47. The van der Waals surface area contributed by atoms with Crippen molar-refractivity contribution in [3.05, 3.63) is 58.1 Å². The van der Waals surface area contributed by atoms with Gasteiger partial charge in [-0.3, -0.25) is 14.3 Å². The molecule has 0 radical (unpaired) electrons. The van der Waals surface area contributed by atoms with E-state index in [0.717, 1.165) is 94.3 Å². The highest BCUT2D eigenvalue weighted by Crippen LogP contribution is 2.48. The van der Waals surface area contributed by atoms with Crippen molar-refractivity contribution in [3.8, 4) is 5.75 Å². The molecule has 5 unspecified atom stereocenters. The number of anilines is 1. The highest BCUT2D eigenvalue weighted by Gasteiger charge is 2.45. The van der Waals surface area contributed by atoms with Gasteiger partial charge in [0.15, 0.2) is 0 Å². The first-order chi connectivity index (χ1) is 25.1. The van der Waals surface area contributed by atoms with Gasteiger partial charge < -0.3 is 24.2 Å². The molecule has 1 saturated carbocycles. The van der Waals surface area contributed by atoms with Crippen molar-refractivity contribution in [1.29, 1.82) is 0 Å². The molecular weight excluding hydrogens is 696 g/mol. The quantitative estimate of drug-likeness (QED) is 0.387. The van der Waals surface area contributed by atoms with Gasteiger partial charge in [-0.1, -0.05) is 31.0 Å². The topological polar surface area (TPSA) is 91.4 Å². The maximum absolute atomic E-state index is 13.6. The fourth-order valence-corrected chi connectivity index (χ4v) is 10.9. The third-order valence-corrected chi connectivity index (χ3v) is 14.9. The number of nitrogens with zero attached hydrogens (tertiary/aromatic N) is 3. The van der Waals surface area contributed by atoms with Crippen molar-refractivity contribution in [2.24, 2.45) is 23.7 Å². The fourth-order valence-electron chi connectivity index (χ4n) is 9.67. The number of carbonyl (C=O) groups is 2. The Morgan fingerprint density at radius 1 is 1.02 bits per heavy atom. The van der Waals surface area contributed by atoms with Crippen LogP contribution in [-0.4, -0.2) is 97.2 Å². The van der Waals surface area contributed by atoms with Crippen molar-refractivity contribution in [2.75, 3.05) is 71.0 Å². The standard InChI is InChI=1S/C41H57ClN4O5S/c1-28-6-4-7-32(24-44-17-15-39(47)45(19-18-44)20-21-50-3)35-12-9-33(35)25-46-26-41(16-5-8-30-22-34(42)11-13-36(30)41)27-51-38-14-10-31(23-37(38)46)40(48)43-52(49)29(28)2/h10-11,13-14,22-23,28-29,32-33,35H,4-9,12,15-21,24-27H2,1-3H3,(H,43,48)/t28?,29?,32-,33?,35?,41-,52?/m0/s1. The van der Waals surface area contributed by atoms with Gasteiger partial charge >= 0.3 is 0 Å². The van der Waals surface area contributed by atoms with Crippen LogP contribution in [0.25, 0.3) is 0 Å². The van der Waals surface area contributed by atoms with Gasteiger partial charge in [-0.05, 0) is 117 Å². The molecule has 0 aromatic heterocycles. The summed E-state index contributed by atoms with van der Waals surface area (Å²) >= 11 is 6.50. The molecule has 2 fully saturated rings. The van der Waals surface area contributed by atoms with Crippen LogP contribution in [0.1, 0.15) is 86.7 Å². The first kappa shape index (κ1) is 37.6. The Morgan fingerprint density at radius 3 is 2.69 bits per heavy atom. The van der Waals surface area contributed by atoms with Crippen molar-refractivity contribution < 1.29 is 23.3 Å². The van der Waals surface area contributed by atoms with E-state index in [1.54, 1.807) is 7.11 Å². The first-order valence-corrected chi connectivity index (χ1v) is 21.2. The number of ether oxygens (including phenoxy) is 2. The minimum atomic E-state index is -1.50. The molecule has 5 aliphatic rings. The highest BCUT2D eigenvalue weighted by molar-refractivity contribution is 7.84. The number of carbonyl (C=O) groups excluding carboxylic acids is 2. The van der Waals surface area contributed by atoms with Gasteiger partial charge in [0.1, 0.15) is 16.7 Å². The van der Waals surface area contributed by atoms with E-state index in [1.807, 2.05) is 36.1 Å². The molecule has 7 rings (SSSR count). The number of methoxy groups -OCH3 is 1. The third-order valence-electron chi connectivity index (χ3n) is 13.1. The van der Waals surface area contributed by atoms with E-state index in [2.05, 4.69) is 33.6 Å². The second-order valence-electron chi connectivity index (χ2n) is 16.3. The van der Waals surface area contributed by atoms with Crippen LogP contribution in [0.4, 0.5) is 5.69 Å². The summed E-state index contributed by atoms with van der Waals surface area (Å²) in [6, 6.07) is 12.1. The SMILES string of the molecule is COCCN1CCN(C[C@@H]2CCCC(C)C(C)S(=O)NC(=O)c3ccc4c(c3)N(CC3CCC32)C[C@@]2(CCCc3cc(Cl)ccc32)CO4)CCC1=O. The van der Waals surface area contributed by atoms with Gasteiger partial charge in [-0.25, -0.2) is 4.21 Å². The Balaban J connectivity index is 1.20. The molecule has 11 heteroatoms. The third kappa shape index (κ3) is 8.06. The molecule has 1 saturated heterocycles. The molecule has 7 atom stereocenters. The van der Waals surface area contributed by atoms with Crippen LogP contribution in [0, 0.1) is 23.7 Å². The predicted molar refractivity (Wildman–Crippen MR) is 208 cm³/mol. The zero-order valence-corrected chi connectivity index (χ0v) is 32.8. The fraction of sp³-hybridized carbons (Fsp3) is 0.659. The summed E-state index contributed by atoms with van der Waals surface area (Å²) in [6.07, 6.45) is 9.20. The lowest BCUT2D eigenvalue weighted by molar-refractivity contribution is -0.131. The summed E-state index contributed by atoms with van der Waals surface area (Å²) in [6.45, 7) is 11.1. The van der Waals surface area contributed by atoms with Gasteiger partial charge in [0, 0.05) is 75.3 Å². The van der Waals surface area contributed by atoms with Crippen molar-refractivity contribution >= 4 is 40.1 Å². The summed E-state index contributed by atoms with van der Waals surface area (Å²) in [5.41, 5.74) is 3.91. The Kier molecular flexibility index (Phi) is 11.9. The lowest BCUT2D eigenvalue weighted by atomic mass is 9.65. The maximum atomic E-state index is 13.6. The molecule has 2 aromatic rings. The molecule has 1 spiro atoms. The van der Waals surface area contributed by atoms with Gasteiger partial charge in [0.2, 0.25) is 5.91 Å². The minimum Gasteiger partial charge on any atom is -0.490 e. The molecule has 3 aliphatic heterocycles. The van der Waals surface area contributed by atoms with Gasteiger partial charge in [-0.15, -0.1) is 0 Å². The monoisotopic (exact) mass is 752 g/mol. The summed E-state index contributed by atoms with van der Waals surface area (Å²) in [4.78, 5) is 33.6. The Morgan fingerprint density at radius 2 is 1.88 bits per heavy atom. The van der Waals surface area contributed by atoms with Crippen molar-refractivity contribution in [3.63, 3.8) is 0 Å². The minimum absolute atomic E-state index is 0.165. The van der Waals surface area contributed by atoms with E-state index < -0.39 is 11.0 Å². The zero-order valence-electron chi connectivity index (χ0n) is 31.2. The Hall–Kier alpha value is -2.66. The largest absolute Gasteiger partial charge is 0.490 e. The van der Waals surface area contributed by atoms with Gasteiger partial charge in [0.25, 0.3) is 5.91 Å². The number of aryl methyl sites for hydroxylation is 1. The molecule has 2 aliphatic carbocycles. The van der Waals surface area contributed by atoms with E-state index in [4.69, 9.17) is 21.1 Å². The molecule has 2 aromatic carbocycles. The van der Waals surface area contributed by atoms with Gasteiger partial charge in [0.05, 0.1) is 24.2 Å². The second-order valence-corrected chi connectivity index (χ2v) is 18.3. The Labute approximate surface area is 317 Å². The summed E-state index contributed by atoms with van der Waals surface area (Å²) in [5.74, 6) is 2.54. The molecule has 2 bridgehead atoms. The van der Waals surface area contributed by atoms with E-state index in [1.165, 1.54) is 24.0 Å². The summed E-state index contributed by atoms with van der Waals surface area (Å²) in [7, 11) is 0.185. The average Bonchev–Trinajstić information content (AvgIpc) is 3.39. The molecule has 52 heavy (non-hydrogen) atoms. The maximum Gasteiger partial charge on any atom is 0.263 e. The first-order valence-electron chi connectivity index (χ1n) is 19.7. The molecule has 9 nitrogen and oxygen atoms in total. The van der Waals surface area contributed by atoms with Gasteiger partial charge in [-0.2, -0.15) is 0 Å². The van der Waals surface area contributed by atoms with Crippen molar-refractivity contribution in [1.82, 2.24) is 14.5 Å². The van der Waals surface area contributed by atoms with Crippen LogP contribution in [-0.2, 0) is 32.4 Å². The molecular formula is C41H57ClN4O5S. The average molecular weight is 753 g/mol. The smallest absolute Gasteiger partial charge is 0.263 e. The van der Waals surface area contributed by atoms with E-state index in [9.17, 15) is 13.8 Å². The number of halogens is 1.